The third-order valence-electron chi connectivity index (χ3n) is 4.64. The number of hydrogen-bond acceptors (Lipinski definition) is 5. The van der Waals surface area contributed by atoms with Gasteiger partial charge in [0.25, 0.3) is 5.78 Å². The van der Waals surface area contributed by atoms with Crippen molar-refractivity contribution in [3.8, 4) is 0 Å². The quantitative estimate of drug-likeness (QED) is 0.802. The second kappa shape index (κ2) is 5.61. The van der Waals surface area contributed by atoms with Crippen LogP contribution in [0, 0.1) is 6.92 Å². The molecular formula is C17H20N6. The van der Waals surface area contributed by atoms with Crippen molar-refractivity contribution < 1.29 is 0 Å². The van der Waals surface area contributed by atoms with Gasteiger partial charge >= 0.3 is 0 Å². The van der Waals surface area contributed by atoms with E-state index in [0.717, 1.165) is 37.3 Å². The molecule has 0 atom stereocenters. The average Bonchev–Trinajstić information content (AvgIpc) is 3.20. The summed E-state index contributed by atoms with van der Waals surface area (Å²) in [5.74, 6) is 1.63. The first-order chi connectivity index (χ1) is 11.3. The first-order valence-corrected chi connectivity index (χ1v) is 8.15. The van der Waals surface area contributed by atoms with Crippen LogP contribution >= 0.6 is 0 Å². The number of aryl methyl sites for hydroxylation is 2. The Morgan fingerprint density at radius 3 is 3.04 bits per heavy atom. The summed E-state index contributed by atoms with van der Waals surface area (Å²) in [7, 11) is 0. The molecule has 0 fully saturated rings. The van der Waals surface area contributed by atoms with Crippen molar-refractivity contribution in [3.05, 3.63) is 46.7 Å². The molecule has 6 heteroatoms. The smallest absolute Gasteiger partial charge is 0.254 e. The lowest BCUT2D eigenvalue weighted by Crippen LogP contribution is -2.12. The second-order valence-electron chi connectivity index (χ2n) is 5.99. The minimum absolute atomic E-state index is 0.638. The van der Waals surface area contributed by atoms with Crippen LogP contribution in [0.3, 0.4) is 0 Å². The molecule has 3 aromatic heterocycles. The van der Waals surface area contributed by atoms with Gasteiger partial charge in [-0.2, -0.15) is 14.6 Å². The fourth-order valence-corrected chi connectivity index (χ4v) is 3.49. The molecule has 0 aromatic carbocycles. The molecule has 118 valence electrons. The number of nitrogens with one attached hydrogen (secondary N) is 1. The number of pyridine rings is 1. The van der Waals surface area contributed by atoms with E-state index in [1.54, 1.807) is 10.8 Å². The highest BCUT2D eigenvalue weighted by atomic mass is 15.4. The van der Waals surface area contributed by atoms with Crippen molar-refractivity contribution in [1.82, 2.24) is 24.6 Å². The largest absolute Gasteiger partial charge is 0.365 e. The van der Waals surface area contributed by atoms with Gasteiger partial charge in [-0.3, -0.25) is 4.98 Å². The Bertz CT molecular complexity index is 867. The topological polar surface area (TPSA) is 68.0 Å². The molecule has 0 spiro atoms. The molecule has 6 nitrogen and oxygen atoms in total. The van der Waals surface area contributed by atoms with Crippen LogP contribution in [0.15, 0.2) is 18.7 Å². The lowest BCUT2D eigenvalue weighted by molar-refractivity contribution is 0.878. The minimum atomic E-state index is 0.638. The first kappa shape index (κ1) is 14.1. The first-order valence-electron chi connectivity index (χ1n) is 8.15. The highest BCUT2D eigenvalue weighted by Crippen LogP contribution is 2.26. The molecule has 0 bridgehead atoms. The Labute approximate surface area is 135 Å². The standard InChI is InChI=1S/C17H20N6/c1-3-14-11(2)22-17-20-10-21-23(17)16(14)19-9-13-8-18-7-12-5-4-6-15(12)13/h7-8,10,19H,3-6,9H2,1-2H3. The molecule has 0 unspecified atom stereocenters. The van der Waals surface area contributed by atoms with Crippen LogP contribution in [-0.4, -0.2) is 24.6 Å². The maximum atomic E-state index is 4.52. The molecule has 3 aromatic rings. The molecule has 0 aliphatic heterocycles. The van der Waals surface area contributed by atoms with Gasteiger partial charge in [0.2, 0.25) is 0 Å². The third-order valence-corrected chi connectivity index (χ3v) is 4.64. The Balaban J connectivity index is 1.71. The van der Waals surface area contributed by atoms with E-state index < -0.39 is 0 Å². The van der Waals surface area contributed by atoms with Crippen molar-refractivity contribution in [3.63, 3.8) is 0 Å². The van der Waals surface area contributed by atoms with Crippen molar-refractivity contribution in [2.45, 2.75) is 46.1 Å². The number of anilines is 1. The SMILES string of the molecule is CCc1c(C)nc2ncnn2c1NCc1cncc2c1CCC2. The van der Waals surface area contributed by atoms with E-state index in [2.05, 4.69) is 32.3 Å². The molecule has 0 saturated heterocycles. The van der Waals surface area contributed by atoms with E-state index in [1.165, 1.54) is 28.7 Å². The zero-order valence-corrected chi connectivity index (χ0v) is 13.5. The molecule has 1 aliphatic rings. The van der Waals surface area contributed by atoms with Gasteiger partial charge in [0.05, 0.1) is 0 Å². The van der Waals surface area contributed by atoms with Crippen LogP contribution in [0.4, 0.5) is 5.82 Å². The highest BCUT2D eigenvalue weighted by Gasteiger charge is 2.17. The highest BCUT2D eigenvalue weighted by molar-refractivity contribution is 5.53. The average molecular weight is 308 g/mol. The summed E-state index contributed by atoms with van der Waals surface area (Å²) in [5, 5.41) is 7.88. The number of hydrogen-bond donors (Lipinski definition) is 1. The predicted octanol–water partition coefficient (Wildman–Crippen LogP) is 2.49. The van der Waals surface area contributed by atoms with Gasteiger partial charge in [0.1, 0.15) is 12.1 Å². The number of aromatic nitrogens is 5. The zero-order chi connectivity index (χ0) is 15.8. The van der Waals surface area contributed by atoms with Crippen molar-refractivity contribution >= 4 is 11.6 Å². The molecule has 0 radical (unpaired) electrons. The number of fused-ring (bicyclic) bond motifs is 2. The third kappa shape index (κ3) is 2.34. The van der Waals surface area contributed by atoms with Crippen LogP contribution in [0.5, 0.6) is 0 Å². The number of rotatable bonds is 4. The monoisotopic (exact) mass is 308 g/mol. The Hall–Kier alpha value is -2.50. The van der Waals surface area contributed by atoms with Crippen LogP contribution in [-0.2, 0) is 25.8 Å². The van der Waals surface area contributed by atoms with Gasteiger partial charge in [-0.25, -0.2) is 4.98 Å². The lowest BCUT2D eigenvalue weighted by Gasteiger charge is -2.15. The zero-order valence-electron chi connectivity index (χ0n) is 13.5. The lowest BCUT2D eigenvalue weighted by atomic mass is 10.1. The molecule has 1 N–H and O–H groups in total. The summed E-state index contributed by atoms with van der Waals surface area (Å²) >= 11 is 0. The maximum Gasteiger partial charge on any atom is 0.254 e. The normalized spacial score (nSPS) is 13.5. The maximum absolute atomic E-state index is 4.52. The Morgan fingerprint density at radius 1 is 1.26 bits per heavy atom. The van der Waals surface area contributed by atoms with Crippen LogP contribution < -0.4 is 5.32 Å². The van der Waals surface area contributed by atoms with E-state index in [1.807, 2.05) is 19.3 Å². The van der Waals surface area contributed by atoms with E-state index in [-0.39, 0.29) is 0 Å². The molecule has 3 heterocycles. The fraction of sp³-hybridized carbons (Fsp3) is 0.412. The van der Waals surface area contributed by atoms with Crippen molar-refractivity contribution in [2.75, 3.05) is 5.32 Å². The van der Waals surface area contributed by atoms with Gasteiger partial charge in [0, 0.05) is 30.2 Å². The number of nitrogens with zero attached hydrogens (tertiary/aromatic N) is 5. The molecule has 0 amide bonds. The molecule has 1 aliphatic carbocycles. The van der Waals surface area contributed by atoms with Crippen LogP contribution in [0.1, 0.15) is 41.3 Å². The van der Waals surface area contributed by atoms with E-state index in [4.69, 9.17) is 0 Å². The molecule has 0 saturated carbocycles. The van der Waals surface area contributed by atoms with E-state index in [9.17, 15) is 0 Å². The van der Waals surface area contributed by atoms with Gasteiger partial charge < -0.3 is 5.32 Å². The van der Waals surface area contributed by atoms with Crippen molar-refractivity contribution in [2.24, 2.45) is 0 Å². The van der Waals surface area contributed by atoms with Crippen molar-refractivity contribution in [1.29, 1.82) is 0 Å². The molecule has 23 heavy (non-hydrogen) atoms. The fourth-order valence-electron chi connectivity index (χ4n) is 3.49. The summed E-state index contributed by atoms with van der Waals surface area (Å²) in [6, 6.07) is 0. The minimum Gasteiger partial charge on any atom is -0.365 e. The Morgan fingerprint density at radius 2 is 2.17 bits per heavy atom. The van der Waals surface area contributed by atoms with Gasteiger partial charge in [-0.1, -0.05) is 6.92 Å². The molecular weight excluding hydrogens is 288 g/mol. The van der Waals surface area contributed by atoms with E-state index in [0.29, 0.717) is 5.78 Å². The summed E-state index contributed by atoms with van der Waals surface area (Å²) in [5.41, 5.74) is 6.34. The van der Waals surface area contributed by atoms with Gasteiger partial charge in [-0.05, 0) is 49.3 Å². The molecule has 4 rings (SSSR count). The Kier molecular flexibility index (Phi) is 3.44. The van der Waals surface area contributed by atoms with Gasteiger partial charge in [-0.15, -0.1) is 0 Å². The summed E-state index contributed by atoms with van der Waals surface area (Å²) < 4.78 is 1.79. The second-order valence-corrected chi connectivity index (χ2v) is 5.99. The summed E-state index contributed by atoms with van der Waals surface area (Å²) in [4.78, 5) is 13.1. The van der Waals surface area contributed by atoms with E-state index >= 15 is 0 Å². The van der Waals surface area contributed by atoms with Crippen LogP contribution in [0.2, 0.25) is 0 Å². The summed E-state index contributed by atoms with van der Waals surface area (Å²) in [6.07, 6.45) is 9.98. The predicted molar refractivity (Wildman–Crippen MR) is 88.5 cm³/mol. The van der Waals surface area contributed by atoms with Gasteiger partial charge in [0.15, 0.2) is 0 Å². The summed E-state index contributed by atoms with van der Waals surface area (Å²) in [6.45, 7) is 4.92. The van der Waals surface area contributed by atoms with Crippen LogP contribution in [0.25, 0.3) is 5.78 Å².